The molecule has 1 aromatic rings. The van der Waals surface area contributed by atoms with Gasteiger partial charge in [-0.3, -0.25) is 4.79 Å². The van der Waals surface area contributed by atoms with Crippen molar-refractivity contribution in [2.45, 2.75) is 19.4 Å². The maximum atomic E-state index is 12.5. The number of hydrogen-bond acceptors (Lipinski definition) is 4. The minimum Gasteiger partial charge on any atom is -0.384 e. The Morgan fingerprint density at radius 2 is 2.50 bits per heavy atom. The largest absolute Gasteiger partial charge is 0.384 e. The molecule has 20 heavy (non-hydrogen) atoms. The zero-order chi connectivity index (χ0) is 14.4. The SMILES string of the molecule is CCC1CN(C(=O)c2ncccc2C#CCO)CCO1. The van der Waals surface area contributed by atoms with Crippen LogP contribution in [0, 0.1) is 11.8 Å². The van der Waals surface area contributed by atoms with E-state index >= 15 is 0 Å². The summed E-state index contributed by atoms with van der Waals surface area (Å²) in [6, 6.07) is 3.47. The molecule has 106 valence electrons. The average Bonchev–Trinajstić information content (AvgIpc) is 2.52. The summed E-state index contributed by atoms with van der Waals surface area (Å²) in [6.45, 7) is 3.50. The predicted octanol–water partition coefficient (Wildman–Crippen LogP) is 0.676. The maximum absolute atomic E-state index is 12.5. The second kappa shape index (κ2) is 7.04. The van der Waals surface area contributed by atoms with Crippen LogP contribution in [0.1, 0.15) is 29.4 Å². The number of amides is 1. The van der Waals surface area contributed by atoms with E-state index in [1.807, 2.05) is 6.92 Å². The van der Waals surface area contributed by atoms with E-state index in [-0.39, 0.29) is 18.6 Å². The number of pyridine rings is 1. The summed E-state index contributed by atoms with van der Waals surface area (Å²) >= 11 is 0. The number of nitrogens with zero attached hydrogens (tertiary/aromatic N) is 2. The molecule has 1 fully saturated rings. The highest BCUT2D eigenvalue weighted by Gasteiger charge is 2.25. The Morgan fingerprint density at radius 3 is 3.25 bits per heavy atom. The highest BCUT2D eigenvalue weighted by atomic mass is 16.5. The van der Waals surface area contributed by atoms with Gasteiger partial charge in [-0.1, -0.05) is 18.8 Å². The van der Waals surface area contributed by atoms with Crippen LogP contribution in [-0.4, -0.2) is 53.3 Å². The van der Waals surface area contributed by atoms with E-state index in [1.165, 1.54) is 0 Å². The molecule has 1 unspecified atom stereocenters. The van der Waals surface area contributed by atoms with Crippen LogP contribution in [0.5, 0.6) is 0 Å². The Kier molecular flexibility index (Phi) is 5.10. The lowest BCUT2D eigenvalue weighted by atomic mass is 10.1. The van der Waals surface area contributed by atoms with Crippen LogP contribution >= 0.6 is 0 Å². The van der Waals surface area contributed by atoms with Crippen LogP contribution < -0.4 is 0 Å². The summed E-state index contributed by atoms with van der Waals surface area (Å²) in [7, 11) is 0. The second-order valence-corrected chi connectivity index (χ2v) is 4.51. The molecule has 0 radical (unpaired) electrons. The molecule has 1 saturated heterocycles. The number of aliphatic hydroxyl groups is 1. The Labute approximate surface area is 118 Å². The highest BCUT2D eigenvalue weighted by Crippen LogP contribution is 2.13. The smallest absolute Gasteiger partial charge is 0.273 e. The third kappa shape index (κ3) is 3.35. The van der Waals surface area contributed by atoms with Gasteiger partial charge in [-0.25, -0.2) is 4.98 Å². The van der Waals surface area contributed by atoms with Gasteiger partial charge in [-0.2, -0.15) is 0 Å². The molecule has 1 atom stereocenters. The molecule has 0 bridgehead atoms. The number of carbonyl (C=O) groups excluding carboxylic acids is 1. The topological polar surface area (TPSA) is 62.7 Å². The van der Waals surface area contributed by atoms with Crippen LogP contribution in [0.15, 0.2) is 18.3 Å². The number of rotatable bonds is 2. The zero-order valence-electron chi connectivity index (χ0n) is 11.5. The lowest BCUT2D eigenvalue weighted by molar-refractivity contribution is -0.0228. The van der Waals surface area contributed by atoms with Crippen molar-refractivity contribution in [1.82, 2.24) is 9.88 Å². The Bertz CT molecular complexity index is 533. The first-order valence-corrected chi connectivity index (χ1v) is 6.72. The second-order valence-electron chi connectivity index (χ2n) is 4.51. The zero-order valence-corrected chi connectivity index (χ0v) is 11.5. The molecule has 5 nitrogen and oxygen atoms in total. The Balaban J connectivity index is 2.20. The van der Waals surface area contributed by atoms with E-state index in [0.29, 0.717) is 31.0 Å². The first kappa shape index (κ1) is 14.5. The van der Waals surface area contributed by atoms with Crippen molar-refractivity contribution in [3.63, 3.8) is 0 Å². The molecule has 0 spiro atoms. The van der Waals surface area contributed by atoms with Gasteiger partial charge in [0.05, 0.1) is 18.3 Å². The minimum absolute atomic E-state index is 0.0865. The molecule has 0 aromatic carbocycles. The van der Waals surface area contributed by atoms with Crippen molar-refractivity contribution in [2.24, 2.45) is 0 Å². The van der Waals surface area contributed by atoms with Gasteiger partial charge in [0.25, 0.3) is 5.91 Å². The molecule has 1 aromatic heterocycles. The Hall–Kier alpha value is -1.90. The molecule has 1 amide bonds. The Morgan fingerprint density at radius 1 is 1.65 bits per heavy atom. The summed E-state index contributed by atoms with van der Waals surface area (Å²) in [5, 5.41) is 8.77. The highest BCUT2D eigenvalue weighted by molar-refractivity contribution is 5.94. The number of morpholine rings is 1. The van der Waals surface area contributed by atoms with Crippen LogP contribution in [0.3, 0.4) is 0 Å². The van der Waals surface area contributed by atoms with Gasteiger partial charge in [0.15, 0.2) is 0 Å². The number of hydrogen-bond donors (Lipinski definition) is 1. The molecule has 0 saturated carbocycles. The average molecular weight is 274 g/mol. The van der Waals surface area contributed by atoms with E-state index in [0.717, 1.165) is 6.42 Å². The lowest BCUT2D eigenvalue weighted by Crippen LogP contribution is -2.45. The van der Waals surface area contributed by atoms with Gasteiger partial charge >= 0.3 is 0 Å². The fourth-order valence-electron chi connectivity index (χ4n) is 2.11. The summed E-state index contributed by atoms with van der Waals surface area (Å²) in [4.78, 5) is 18.4. The van der Waals surface area contributed by atoms with Gasteiger partial charge in [-0.15, -0.1) is 0 Å². The summed E-state index contributed by atoms with van der Waals surface area (Å²) < 4.78 is 5.56. The third-order valence-corrected chi connectivity index (χ3v) is 3.19. The quantitative estimate of drug-likeness (QED) is 0.805. The molecular weight excluding hydrogens is 256 g/mol. The fraction of sp³-hybridized carbons (Fsp3) is 0.467. The van der Waals surface area contributed by atoms with Gasteiger partial charge < -0.3 is 14.7 Å². The summed E-state index contributed by atoms with van der Waals surface area (Å²) in [6.07, 6.45) is 2.54. The molecule has 0 aliphatic carbocycles. The van der Waals surface area contributed by atoms with Crippen LogP contribution in [0.4, 0.5) is 0 Å². The van der Waals surface area contributed by atoms with E-state index in [1.54, 1.807) is 23.2 Å². The van der Waals surface area contributed by atoms with Crippen molar-refractivity contribution < 1.29 is 14.6 Å². The van der Waals surface area contributed by atoms with Crippen LogP contribution in [0.2, 0.25) is 0 Å². The van der Waals surface area contributed by atoms with Crippen molar-refractivity contribution in [3.8, 4) is 11.8 Å². The predicted molar refractivity (Wildman–Crippen MR) is 74.1 cm³/mol. The van der Waals surface area contributed by atoms with Gasteiger partial charge in [-0.05, 0) is 18.6 Å². The lowest BCUT2D eigenvalue weighted by Gasteiger charge is -2.32. The first-order valence-electron chi connectivity index (χ1n) is 6.72. The molecule has 2 heterocycles. The van der Waals surface area contributed by atoms with E-state index in [4.69, 9.17) is 9.84 Å². The van der Waals surface area contributed by atoms with Gasteiger partial charge in [0.2, 0.25) is 0 Å². The van der Waals surface area contributed by atoms with E-state index in [9.17, 15) is 4.79 Å². The number of aromatic nitrogens is 1. The first-order chi connectivity index (χ1) is 9.76. The van der Waals surface area contributed by atoms with Crippen molar-refractivity contribution in [1.29, 1.82) is 0 Å². The molecular formula is C15H18N2O3. The monoisotopic (exact) mass is 274 g/mol. The van der Waals surface area contributed by atoms with Crippen LogP contribution in [-0.2, 0) is 4.74 Å². The summed E-state index contributed by atoms with van der Waals surface area (Å²) in [5.41, 5.74) is 0.885. The van der Waals surface area contributed by atoms with Crippen LogP contribution in [0.25, 0.3) is 0 Å². The van der Waals surface area contributed by atoms with Crippen molar-refractivity contribution >= 4 is 5.91 Å². The number of carbonyl (C=O) groups is 1. The minimum atomic E-state index is -0.238. The summed E-state index contributed by atoms with van der Waals surface area (Å²) in [5.74, 6) is 5.19. The van der Waals surface area contributed by atoms with E-state index < -0.39 is 0 Å². The van der Waals surface area contributed by atoms with Gasteiger partial charge in [0, 0.05) is 19.3 Å². The maximum Gasteiger partial charge on any atom is 0.273 e. The fourth-order valence-corrected chi connectivity index (χ4v) is 2.11. The molecule has 1 aliphatic rings. The molecule has 5 heteroatoms. The number of aliphatic hydroxyl groups excluding tert-OH is 1. The molecule has 1 N–H and O–H groups in total. The normalized spacial score (nSPS) is 18.3. The van der Waals surface area contributed by atoms with Gasteiger partial charge in [0.1, 0.15) is 12.3 Å². The molecule has 1 aliphatic heterocycles. The van der Waals surface area contributed by atoms with E-state index in [2.05, 4.69) is 16.8 Å². The number of ether oxygens (including phenoxy) is 1. The van der Waals surface area contributed by atoms with Crippen molar-refractivity contribution in [2.75, 3.05) is 26.3 Å². The molecule has 2 rings (SSSR count). The standard InChI is InChI=1S/C15H18N2O3/c1-2-13-11-17(8-10-20-13)15(19)14-12(6-4-9-18)5-3-7-16-14/h3,5,7,13,18H,2,8-11H2,1H3. The van der Waals surface area contributed by atoms with Crippen molar-refractivity contribution in [3.05, 3.63) is 29.6 Å². The third-order valence-electron chi connectivity index (χ3n) is 3.19.